The summed E-state index contributed by atoms with van der Waals surface area (Å²) in [6.07, 6.45) is 11.9. The second-order valence-electron chi connectivity index (χ2n) is 11.6. The van der Waals surface area contributed by atoms with E-state index in [2.05, 4.69) is 27.0 Å². The predicted molar refractivity (Wildman–Crippen MR) is 141 cm³/mol. The molecule has 1 aliphatic carbocycles. The number of carbonyl (C=O) groups is 1. The maximum atomic E-state index is 12.7. The molecule has 1 atom stereocenters. The van der Waals surface area contributed by atoms with Crippen molar-refractivity contribution in [3.8, 4) is 11.4 Å². The van der Waals surface area contributed by atoms with Crippen molar-refractivity contribution >= 4 is 11.8 Å². The Morgan fingerprint density at radius 2 is 1.89 bits per heavy atom. The van der Waals surface area contributed by atoms with Crippen LogP contribution < -0.4 is 4.90 Å². The van der Waals surface area contributed by atoms with Crippen LogP contribution in [0, 0.1) is 5.92 Å². The number of anilines is 1. The van der Waals surface area contributed by atoms with E-state index in [1.807, 2.05) is 39.1 Å². The number of likely N-dealkylation sites (N-methyl/N-ethyl adjacent to an activating group) is 1. The Bertz CT molecular complexity index is 954. The summed E-state index contributed by atoms with van der Waals surface area (Å²) in [5.74, 6) is 2.46. The molecule has 1 saturated heterocycles. The molecule has 0 aromatic carbocycles. The first kappa shape index (κ1) is 26.6. The van der Waals surface area contributed by atoms with Crippen LogP contribution in [0.3, 0.4) is 0 Å². The number of aromatic nitrogens is 3. The van der Waals surface area contributed by atoms with Crippen molar-refractivity contribution in [2.75, 3.05) is 38.1 Å². The van der Waals surface area contributed by atoms with Crippen LogP contribution >= 0.6 is 0 Å². The van der Waals surface area contributed by atoms with Gasteiger partial charge in [0.1, 0.15) is 11.4 Å². The first-order chi connectivity index (χ1) is 17.3. The first-order valence-corrected chi connectivity index (χ1v) is 13.7. The Balaban J connectivity index is 1.41. The van der Waals surface area contributed by atoms with Crippen molar-refractivity contribution in [1.82, 2.24) is 20.0 Å². The fraction of sp³-hybridized carbons (Fsp3) is 0.714. The highest BCUT2D eigenvalue weighted by atomic mass is 16.6. The molecule has 1 aliphatic heterocycles. The molecule has 3 heterocycles. The number of ether oxygens (including phenoxy) is 1. The van der Waals surface area contributed by atoms with Gasteiger partial charge in [-0.2, -0.15) is 4.98 Å². The van der Waals surface area contributed by atoms with E-state index >= 15 is 0 Å². The fourth-order valence-corrected chi connectivity index (χ4v) is 5.29. The standard InChI is InChI=1S/C28H43N5O3/c1-28(2,3)35-25(34)19-22(12-8-11-21-9-6-5-7-10-21)27-30-26(31-36-27)23-13-14-24(29-20-23)33-17-15-32(4)16-18-33/h13-14,20-22H,5-12,15-19H2,1-4H3/t22-/m0/s1. The highest BCUT2D eigenvalue weighted by molar-refractivity contribution is 5.70. The molecule has 4 rings (SSSR count). The third-order valence-electron chi connectivity index (χ3n) is 7.35. The molecular formula is C28H43N5O3. The van der Waals surface area contributed by atoms with Crippen LogP contribution in [0.25, 0.3) is 11.4 Å². The van der Waals surface area contributed by atoms with Crippen LogP contribution in [-0.4, -0.2) is 64.8 Å². The molecule has 0 radical (unpaired) electrons. The first-order valence-electron chi connectivity index (χ1n) is 13.7. The second-order valence-corrected chi connectivity index (χ2v) is 11.6. The maximum Gasteiger partial charge on any atom is 0.307 e. The zero-order valence-electron chi connectivity index (χ0n) is 22.5. The van der Waals surface area contributed by atoms with Gasteiger partial charge in [0.05, 0.1) is 6.42 Å². The summed E-state index contributed by atoms with van der Waals surface area (Å²) in [4.78, 5) is 26.7. The number of hydrogen-bond donors (Lipinski definition) is 0. The lowest BCUT2D eigenvalue weighted by Gasteiger charge is -2.33. The minimum Gasteiger partial charge on any atom is -0.460 e. The van der Waals surface area contributed by atoms with E-state index in [-0.39, 0.29) is 18.3 Å². The third-order valence-corrected chi connectivity index (χ3v) is 7.35. The fourth-order valence-electron chi connectivity index (χ4n) is 5.29. The topological polar surface area (TPSA) is 84.6 Å². The van der Waals surface area contributed by atoms with Crippen LogP contribution in [0.15, 0.2) is 22.9 Å². The van der Waals surface area contributed by atoms with E-state index in [1.54, 1.807) is 0 Å². The van der Waals surface area contributed by atoms with Gasteiger partial charge in [-0.25, -0.2) is 4.98 Å². The van der Waals surface area contributed by atoms with Gasteiger partial charge >= 0.3 is 5.97 Å². The van der Waals surface area contributed by atoms with Gasteiger partial charge in [0, 0.05) is 43.9 Å². The Kier molecular flexibility index (Phi) is 8.99. The van der Waals surface area contributed by atoms with Crippen LogP contribution in [0.5, 0.6) is 0 Å². The van der Waals surface area contributed by atoms with Gasteiger partial charge in [-0.1, -0.05) is 50.1 Å². The van der Waals surface area contributed by atoms with Gasteiger partial charge in [0.2, 0.25) is 11.7 Å². The Labute approximate surface area is 215 Å². The van der Waals surface area contributed by atoms with E-state index in [4.69, 9.17) is 14.2 Å². The third kappa shape index (κ3) is 7.76. The number of hydrogen-bond acceptors (Lipinski definition) is 8. The lowest BCUT2D eigenvalue weighted by Crippen LogP contribution is -2.44. The molecule has 2 aromatic rings. The van der Waals surface area contributed by atoms with Crippen LogP contribution in [0.2, 0.25) is 0 Å². The van der Waals surface area contributed by atoms with Crippen molar-refractivity contribution < 1.29 is 14.1 Å². The number of pyridine rings is 1. The molecule has 0 spiro atoms. The molecule has 36 heavy (non-hydrogen) atoms. The van der Waals surface area contributed by atoms with Gasteiger partial charge in [-0.05, 0) is 52.3 Å². The molecule has 0 amide bonds. The van der Waals surface area contributed by atoms with Crippen molar-refractivity contribution in [2.45, 2.75) is 90.1 Å². The van der Waals surface area contributed by atoms with E-state index in [1.165, 1.54) is 38.5 Å². The molecule has 2 fully saturated rings. The van der Waals surface area contributed by atoms with Gasteiger partial charge in [0.15, 0.2) is 0 Å². The number of nitrogens with zero attached hydrogens (tertiary/aromatic N) is 5. The quantitative estimate of drug-likeness (QED) is 0.423. The SMILES string of the molecule is CN1CCN(c2ccc(-c3noc([C@@H](CCCC4CCCCC4)CC(=O)OC(C)(C)C)n3)cn2)CC1. The number of carbonyl (C=O) groups excluding carboxylic acids is 1. The highest BCUT2D eigenvalue weighted by Crippen LogP contribution is 2.32. The predicted octanol–water partition coefficient (Wildman–Crippen LogP) is 5.45. The van der Waals surface area contributed by atoms with Crippen molar-refractivity contribution in [2.24, 2.45) is 5.92 Å². The number of piperazine rings is 1. The highest BCUT2D eigenvalue weighted by Gasteiger charge is 2.27. The van der Waals surface area contributed by atoms with Gasteiger partial charge in [-0.3, -0.25) is 4.79 Å². The monoisotopic (exact) mass is 497 g/mol. The number of esters is 1. The lowest BCUT2D eigenvalue weighted by molar-refractivity contribution is -0.155. The van der Waals surface area contributed by atoms with Crippen LogP contribution in [-0.2, 0) is 9.53 Å². The normalized spacial score (nSPS) is 18.8. The Morgan fingerprint density at radius 1 is 1.14 bits per heavy atom. The maximum absolute atomic E-state index is 12.7. The van der Waals surface area contributed by atoms with Crippen LogP contribution in [0.4, 0.5) is 5.82 Å². The van der Waals surface area contributed by atoms with E-state index < -0.39 is 5.60 Å². The minimum atomic E-state index is -0.513. The molecule has 0 unspecified atom stereocenters. The second kappa shape index (κ2) is 12.2. The minimum absolute atomic E-state index is 0.137. The zero-order valence-corrected chi connectivity index (χ0v) is 22.5. The summed E-state index contributed by atoms with van der Waals surface area (Å²) in [6, 6.07) is 4.03. The van der Waals surface area contributed by atoms with E-state index in [0.29, 0.717) is 11.7 Å². The molecule has 2 aliphatic rings. The van der Waals surface area contributed by atoms with Crippen molar-refractivity contribution in [1.29, 1.82) is 0 Å². The Morgan fingerprint density at radius 3 is 2.56 bits per heavy atom. The van der Waals surface area contributed by atoms with Gasteiger partial charge in [-0.15, -0.1) is 0 Å². The molecule has 1 saturated carbocycles. The Hall–Kier alpha value is -2.48. The van der Waals surface area contributed by atoms with Gasteiger partial charge < -0.3 is 19.1 Å². The molecule has 8 heteroatoms. The molecule has 0 N–H and O–H groups in total. The molecular weight excluding hydrogens is 454 g/mol. The van der Waals surface area contributed by atoms with E-state index in [9.17, 15) is 4.79 Å². The molecule has 198 valence electrons. The summed E-state index contributed by atoms with van der Waals surface area (Å²) in [6.45, 7) is 9.71. The molecule has 8 nitrogen and oxygen atoms in total. The van der Waals surface area contributed by atoms with Crippen molar-refractivity contribution in [3.05, 3.63) is 24.2 Å². The summed E-state index contributed by atoms with van der Waals surface area (Å²) in [5, 5.41) is 4.24. The molecule has 0 bridgehead atoms. The summed E-state index contributed by atoms with van der Waals surface area (Å²) >= 11 is 0. The summed E-state index contributed by atoms with van der Waals surface area (Å²) in [5.41, 5.74) is 0.307. The smallest absolute Gasteiger partial charge is 0.307 e. The number of rotatable bonds is 9. The van der Waals surface area contributed by atoms with E-state index in [0.717, 1.165) is 56.3 Å². The average molecular weight is 498 g/mol. The largest absolute Gasteiger partial charge is 0.460 e. The van der Waals surface area contributed by atoms with Crippen LogP contribution in [0.1, 0.15) is 90.4 Å². The van der Waals surface area contributed by atoms with Gasteiger partial charge in [0.25, 0.3) is 0 Å². The zero-order chi connectivity index (χ0) is 25.5. The summed E-state index contributed by atoms with van der Waals surface area (Å²) in [7, 11) is 2.15. The van der Waals surface area contributed by atoms with Crippen molar-refractivity contribution in [3.63, 3.8) is 0 Å². The average Bonchev–Trinajstić information content (AvgIpc) is 3.34. The summed E-state index contributed by atoms with van der Waals surface area (Å²) < 4.78 is 11.3. The molecule has 2 aromatic heterocycles. The lowest BCUT2D eigenvalue weighted by atomic mass is 9.84.